The minimum Gasteiger partial charge on any atom is -0.380 e. The number of hydrogen-bond acceptors (Lipinski definition) is 3. The molecule has 0 spiro atoms. The maximum absolute atomic E-state index is 13.6. The van der Waals surface area contributed by atoms with Crippen molar-refractivity contribution in [1.29, 1.82) is 0 Å². The van der Waals surface area contributed by atoms with Crippen LogP contribution in [0.2, 0.25) is 0 Å². The van der Waals surface area contributed by atoms with Crippen molar-refractivity contribution in [3.8, 4) is 0 Å². The van der Waals surface area contributed by atoms with E-state index in [2.05, 4.69) is 15.6 Å². The number of amides is 1. The standard InChI is InChI=1S/C20H17F2N3O/c21-16-7-5-14(6-8-16)11-20(26)25-19-10-9-17(13-24-19)23-12-15-3-1-2-4-18(15)22/h1-10,13,23H,11-12H2,(H,24,25,26). The van der Waals surface area contributed by atoms with Gasteiger partial charge in [0.1, 0.15) is 17.5 Å². The average Bonchev–Trinajstić information content (AvgIpc) is 2.64. The number of benzene rings is 2. The molecule has 2 aromatic carbocycles. The van der Waals surface area contributed by atoms with Gasteiger partial charge in [-0.15, -0.1) is 0 Å². The van der Waals surface area contributed by atoms with Crippen LogP contribution in [0.5, 0.6) is 0 Å². The van der Waals surface area contributed by atoms with Gasteiger partial charge >= 0.3 is 0 Å². The van der Waals surface area contributed by atoms with Crippen molar-refractivity contribution in [1.82, 2.24) is 4.98 Å². The molecular weight excluding hydrogens is 336 g/mol. The summed E-state index contributed by atoms with van der Waals surface area (Å²) in [6.07, 6.45) is 1.70. The fourth-order valence-electron chi connectivity index (χ4n) is 2.39. The van der Waals surface area contributed by atoms with E-state index in [4.69, 9.17) is 0 Å². The van der Waals surface area contributed by atoms with Gasteiger partial charge in [-0.2, -0.15) is 0 Å². The van der Waals surface area contributed by atoms with Crippen LogP contribution in [0.1, 0.15) is 11.1 Å². The summed E-state index contributed by atoms with van der Waals surface area (Å²) in [6, 6.07) is 15.7. The molecule has 0 radical (unpaired) electrons. The van der Waals surface area contributed by atoms with Gasteiger partial charge in [-0.1, -0.05) is 30.3 Å². The summed E-state index contributed by atoms with van der Waals surface area (Å²) in [5.41, 5.74) is 1.99. The van der Waals surface area contributed by atoms with Crippen LogP contribution in [-0.4, -0.2) is 10.9 Å². The first kappa shape index (κ1) is 17.5. The van der Waals surface area contributed by atoms with Crippen LogP contribution < -0.4 is 10.6 Å². The molecule has 0 saturated heterocycles. The predicted molar refractivity (Wildman–Crippen MR) is 96.7 cm³/mol. The molecule has 0 saturated carbocycles. The molecule has 0 unspecified atom stereocenters. The number of pyridine rings is 1. The van der Waals surface area contributed by atoms with Gasteiger partial charge in [0.2, 0.25) is 5.91 Å². The third kappa shape index (κ3) is 4.86. The molecule has 132 valence electrons. The first-order valence-corrected chi connectivity index (χ1v) is 8.08. The highest BCUT2D eigenvalue weighted by Gasteiger charge is 2.06. The number of rotatable bonds is 6. The van der Waals surface area contributed by atoms with Gasteiger partial charge in [0.25, 0.3) is 0 Å². The molecule has 0 aliphatic heterocycles. The van der Waals surface area contributed by atoms with E-state index in [9.17, 15) is 13.6 Å². The van der Waals surface area contributed by atoms with Gasteiger partial charge in [-0.05, 0) is 35.9 Å². The van der Waals surface area contributed by atoms with Gasteiger partial charge in [0.15, 0.2) is 0 Å². The number of nitrogens with zero attached hydrogens (tertiary/aromatic N) is 1. The second-order valence-electron chi connectivity index (χ2n) is 5.73. The molecule has 1 amide bonds. The lowest BCUT2D eigenvalue weighted by Crippen LogP contribution is -2.15. The van der Waals surface area contributed by atoms with Crippen molar-refractivity contribution in [2.45, 2.75) is 13.0 Å². The fourth-order valence-corrected chi connectivity index (χ4v) is 2.39. The largest absolute Gasteiger partial charge is 0.380 e. The van der Waals surface area contributed by atoms with Crippen LogP contribution in [0.3, 0.4) is 0 Å². The number of anilines is 2. The van der Waals surface area contributed by atoms with E-state index in [1.807, 2.05) is 0 Å². The fraction of sp³-hybridized carbons (Fsp3) is 0.100. The van der Waals surface area contributed by atoms with E-state index < -0.39 is 0 Å². The first-order chi connectivity index (χ1) is 12.6. The highest BCUT2D eigenvalue weighted by molar-refractivity contribution is 5.91. The smallest absolute Gasteiger partial charge is 0.229 e. The van der Waals surface area contributed by atoms with E-state index in [0.717, 1.165) is 0 Å². The van der Waals surface area contributed by atoms with Crippen molar-refractivity contribution in [3.63, 3.8) is 0 Å². The number of aromatic nitrogens is 1. The number of carbonyl (C=O) groups is 1. The monoisotopic (exact) mass is 353 g/mol. The summed E-state index contributed by atoms with van der Waals surface area (Å²) >= 11 is 0. The van der Waals surface area contributed by atoms with E-state index >= 15 is 0 Å². The number of hydrogen-bond donors (Lipinski definition) is 2. The number of nitrogens with one attached hydrogen (secondary N) is 2. The SMILES string of the molecule is O=C(Cc1ccc(F)cc1)Nc1ccc(NCc2ccccc2F)cn1. The molecule has 0 aliphatic rings. The zero-order valence-corrected chi connectivity index (χ0v) is 13.9. The summed E-state index contributed by atoms with van der Waals surface area (Å²) < 4.78 is 26.4. The van der Waals surface area contributed by atoms with Crippen LogP contribution in [0.15, 0.2) is 66.9 Å². The molecule has 0 bridgehead atoms. The van der Waals surface area contributed by atoms with Crippen LogP contribution in [0, 0.1) is 11.6 Å². The number of halogens is 2. The summed E-state index contributed by atoms with van der Waals surface area (Å²) in [4.78, 5) is 16.2. The Morgan fingerprint density at radius 3 is 2.42 bits per heavy atom. The third-order valence-corrected chi connectivity index (χ3v) is 3.75. The lowest BCUT2D eigenvalue weighted by Gasteiger charge is -2.09. The molecule has 0 aliphatic carbocycles. The van der Waals surface area contributed by atoms with Gasteiger partial charge in [-0.25, -0.2) is 13.8 Å². The summed E-state index contributed by atoms with van der Waals surface area (Å²) in [5, 5.41) is 5.76. The molecule has 2 N–H and O–H groups in total. The van der Waals surface area contributed by atoms with E-state index in [0.29, 0.717) is 29.2 Å². The lowest BCUT2D eigenvalue weighted by molar-refractivity contribution is -0.115. The topological polar surface area (TPSA) is 54.0 Å². The van der Waals surface area contributed by atoms with Crippen LogP contribution in [0.25, 0.3) is 0 Å². The zero-order valence-electron chi connectivity index (χ0n) is 13.9. The highest BCUT2D eigenvalue weighted by atomic mass is 19.1. The molecule has 1 heterocycles. The average molecular weight is 353 g/mol. The van der Waals surface area contributed by atoms with Crippen LogP contribution in [-0.2, 0) is 17.8 Å². The Morgan fingerprint density at radius 1 is 0.962 bits per heavy atom. The third-order valence-electron chi connectivity index (χ3n) is 3.75. The molecule has 1 aromatic heterocycles. The van der Waals surface area contributed by atoms with Crippen molar-refractivity contribution in [2.75, 3.05) is 10.6 Å². The Labute approximate surface area is 149 Å². The van der Waals surface area contributed by atoms with Crippen molar-refractivity contribution < 1.29 is 13.6 Å². The Morgan fingerprint density at radius 2 is 1.73 bits per heavy atom. The van der Waals surface area contributed by atoms with E-state index in [1.54, 1.807) is 48.7 Å². The molecule has 4 nitrogen and oxygen atoms in total. The normalized spacial score (nSPS) is 10.4. The minimum absolute atomic E-state index is 0.134. The van der Waals surface area contributed by atoms with Crippen molar-refractivity contribution in [2.24, 2.45) is 0 Å². The van der Waals surface area contributed by atoms with Crippen molar-refractivity contribution in [3.05, 3.63) is 89.6 Å². The molecule has 26 heavy (non-hydrogen) atoms. The molecule has 6 heteroatoms. The van der Waals surface area contributed by atoms with Crippen LogP contribution >= 0.6 is 0 Å². The quantitative estimate of drug-likeness (QED) is 0.700. The Bertz CT molecular complexity index is 880. The van der Waals surface area contributed by atoms with E-state index in [-0.39, 0.29) is 24.0 Å². The summed E-state index contributed by atoms with van der Waals surface area (Å²) in [6.45, 7) is 0.338. The maximum Gasteiger partial charge on any atom is 0.229 e. The summed E-state index contributed by atoms with van der Waals surface area (Å²) in [7, 11) is 0. The second-order valence-corrected chi connectivity index (χ2v) is 5.73. The minimum atomic E-state index is -0.339. The Hall–Kier alpha value is -3.28. The maximum atomic E-state index is 13.6. The molecular formula is C20H17F2N3O. The molecule has 3 rings (SSSR count). The lowest BCUT2D eigenvalue weighted by atomic mass is 10.1. The molecule has 0 atom stereocenters. The zero-order chi connectivity index (χ0) is 18.4. The predicted octanol–water partition coefficient (Wildman–Crippen LogP) is 4.15. The number of carbonyl (C=O) groups excluding carboxylic acids is 1. The second kappa shape index (κ2) is 8.20. The van der Waals surface area contributed by atoms with Gasteiger partial charge in [0.05, 0.1) is 18.3 Å². The van der Waals surface area contributed by atoms with Gasteiger partial charge in [0, 0.05) is 12.1 Å². The summed E-state index contributed by atoms with van der Waals surface area (Å²) in [5.74, 6) is -0.434. The molecule has 0 fully saturated rings. The van der Waals surface area contributed by atoms with Crippen LogP contribution in [0.4, 0.5) is 20.3 Å². The molecule has 3 aromatic rings. The van der Waals surface area contributed by atoms with E-state index in [1.165, 1.54) is 18.2 Å². The highest BCUT2D eigenvalue weighted by Crippen LogP contribution is 2.13. The Kier molecular flexibility index (Phi) is 5.53. The first-order valence-electron chi connectivity index (χ1n) is 8.08. The van der Waals surface area contributed by atoms with Gasteiger partial charge in [-0.3, -0.25) is 4.79 Å². The van der Waals surface area contributed by atoms with Gasteiger partial charge < -0.3 is 10.6 Å². The van der Waals surface area contributed by atoms with Crippen molar-refractivity contribution >= 4 is 17.4 Å². The Balaban J connectivity index is 1.53.